The summed E-state index contributed by atoms with van der Waals surface area (Å²) in [7, 11) is 0. The Balaban J connectivity index is 1.43. The zero-order valence-corrected chi connectivity index (χ0v) is 12.9. The van der Waals surface area contributed by atoms with Crippen LogP contribution in [0.15, 0.2) is 30.3 Å². The summed E-state index contributed by atoms with van der Waals surface area (Å²) in [5.41, 5.74) is 0.965. The third-order valence-electron chi connectivity index (χ3n) is 3.52. The summed E-state index contributed by atoms with van der Waals surface area (Å²) < 4.78 is 7.86. The van der Waals surface area contributed by atoms with Gasteiger partial charge in [0, 0.05) is 19.0 Å². The molecule has 0 aliphatic heterocycles. The molecule has 0 unspecified atom stereocenters. The Morgan fingerprint density at radius 3 is 2.91 bits per heavy atom. The zero-order chi connectivity index (χ0) is 15.4. The van der Waals surface area contributed by atoms with Gasteiger partial charge in [0.05, 0.1) is 0 Å². The molecule has 0 saturated heterocycles. The van der Waals surface area contributed by atoms with Crippen molar-refractivity contribution in [2.24, 2.45) is 0 Å². The molecule has 1 aromatic carbocycles. The maximum absolute atomic E-state index is 11.7. The Morgan fingerprint density at radius 2 is 2.18 bits per heavy atom. The second-order valence-corrected chi connectivity index (χ2v) is 5.67. The fourth-order valence-electron chi connectivity index (χ4n) is 2.27. The number of alkyl carbamates (subject to hydrolysis) is 1. The predicted molar refractivity (Wildman–Crippen MR) is 84.0 cm³/mol. The van der Waals surface area contributed by atoms with Crippen LogP contribution < -0.4 is 5.32 Å². The molecule has 0 bridgehead atoms. The molecule has 2 aromatic rings. The molecule has 3 rings (SSSR count). The van der Waals surface area contributed by atoms with E-state index in [0.717, 1.165) is 24.2 Å². The molecule has 6 nitrogen and oxygen atoms in total. The normalized spacial score (nSPS) is 13.8. The van der Waals surface area contributed by atoms with Crippen LogP contribution in [0.2, 0.25) is 0 Å². The van der Waals surface area contributed by atoms with Crippen LogP contribution in [0.25, 0.3) is 0 Å². The number of ether oxygens (including phenoxy) is 1. The number of carbonyl (C=O) groups excluding carboxylic acids is 1. The van der Waals surface area contributed by atoms with E-state index in [1.54, 1.807) is 0 Å². The number of hydrogen-bond donors (Lipinski definition) is 2. The van der Waals surface area contributed by atoms with Crippen molar-refractivity contribution in [2.45, 2.75) is 31.9 Å². The van der Waals surface area contributed by atoms with Crippen molar-refractivity contribution in [3.05, 3.63) is 46.5 Å². The minimum Gasteiger partial charge on any atom is -0.445 e. The monoisotopic (exact) mass is 318 g/mol. The highest BCUT2D eigenvalue weighted by molar-refractivity contribution is 7.71. The highest BCUT2D eigenvalue weighted by Crippen LogP contribution is 2.35. The summed E-state index contributed by atoms with van der Waals surface area (Å²) in [6, 6.07) is 10.1. The van der Waals surface area contributed by atoms with Crippen LogP contribution in [-0.4, -0.2) is 27.4 Å². The molecule has 1 aliphatic carbocycles. The smallest absolute Gasteiger partial charge is 0.407 e. The van der Waals surface area contributed by atoms with Gasteiger partial charge in [0.2, 0.25) is 0 Å². The van der Waals surface area contributed by atoms with E-state index in [-0.39, 0.29) is 6.61 Å². The van der Waals surface area contributed by atoms with Crippen LogP contribution in [0.5, 0.6) is 0 Å². The van der Waals surface area contributed by atoms with Crippen molar-refractivity contribution in [3.63, 3.8) is 0 Å². The third kappa shape index (κ3) is 3.73. The molecule has 0 radical (unpaired) electrons. The Bertz CT molecular complexity index is 691. The van der Waals surface area contributed by atoms with E-state index < -0.39 is 6.09 Å². The highest BCUT2D eigenvalue weighted by Gasteiger charge is 2.26. The molecule has 1 heterocycles. The summed E-state index contributed by atoms with van der Waals surface area (Å²) in [5, 5.41) is 9.77. The van der Waals surface area contributed by atoms with E-state index in [9.17, 15) is 4.79 Å². The number of aromatic amines is 1. The number of benzene rings is 1. The molecular formula is C15H18N4O2S. The van der Waals surface area contributed by atoms with Gasteiger partial charge in [-0.05, 0) is 30.6 Å². The lowest BCUT2D eigenvalue weighted by Gasteiger charge is -2.08. The van der Waals surface area contributed by atoms with Gasteiger partial charge < -0.3 is 14.6 Å². The Kier molecular flexibility index (Phi) is 4.53. The van der Waals surface area contributed by atoms with Crippen molar-refractivity contribution in [1.29, 1.82) is 0 Å². The number of nitrogens with one attached hydrogen (secondary N) is 2. The van der Waals surface area contributed by atoms with Crippen LogP contribution in [-0.2, 0) is 17.8 Å². The summed E-state index contributed by atoms with van der Waals surface area (Å²) in [5.74, 6) is 0.885. The van der Waals surface area contributed by atoms with E-state index >= 15 is 0 Å². The predicted octanol–water partition coefficient (Wildman–Crippen LogP) is 2.74. The molecule has 1 amide bonds. The van der Waals surface area contributed by atoms with E-state index in [2.05, 4.69) is 15.5 Å². The Labute approximate surface area is 133 Å². The number of nitrogens with zero attached hydrogens (tertiary/aromatic N) is 2. The van der Waals surface area contributed by atoms with Crippen molar-refractivity contribution in [1.82, 2.24) is 20.1 Å². The third-order valence-corrected chi connectivity index (χ3v) is 3.81. The van der Waals surface area contributed by atoms with Crippen LogP contribution in [0, 0.1) is 4.77 Å². The molecule has 0 spiro atoms. The minimum atomic E-state index is -0.420. The Hall–Kier alpha value is -2.15. The number of amides is 1. The van der Waals surface area contributed by atoms with Gasteiger partial charge >= 0.3 is 6.09 Å². The molecule has 7 heteroatoms. The molecule has 116 valence electrons. The van der Waals surface area contributed by atoms with Crippen molar-refractivity contribution < 1.29 is 9.53 Å². The van der Waals surface area contributed by atoms with Gasteiger partial charge in [-0.3, -0.25) is 5.10 Å². The van der Waals surface area contributed by atoms with Crippen LogP contribution in [0.1, 0.15) is 30.3 Å². The summed E-state index contributed by atoms with van der Waals surface area (Å²) in [6.45, 7) is 0.743. The minimum absolute atomic E-state index is 0.271. The average molecular weight is 318 g/mol. The number of H-pyrrole nitrogens is 1. The lowest BCUT2D eigenvalue weighted by Crippen LogP contribution is -2.27. The average Bonchev–Trinajstić information content (AvgIpc) is 3.30. The Morgan fingerprint density at radius 1 is 1.41 bits per heavy atom. The second kappa shape index (κ2) is 6.74. The maximum atomic E-state index is 11.7. The van der Waals surface area contributed by atoms with Crippen molar-refractivity contribution in [2.75, 3.05) is 6.54 Å². The SMILES string of the molecule is O=C(NCCc1n[nH]c(=S)n1C1CC1)OCc1ccccc1. The van der Waals surface area contributed by atoms with Gasteiger partial charge in [-0.1, -0.05) is 30.3 Å². The van der Waals surface area contributed by atoms with Crippen LogP contribution >= 0.6 is 12.2 Å². The van der Waals surface area contributed by atoms with E-state index in [1.807, 2.05) is 34.9 Å². The highest BCUT2D eigenvalue weighted by atomic mass is 32.1. The van der Waals surface area contributed by atoms with Gasteiger partial charge in [0.1, 0.15) is 12.4 Å². The first-order chi connectivity index (χ1) is 10.7. The number of rotatable bonds is 6. The lowest BCUT2D eigenvalue weighted by atomic mass is 10.2. The number of hydrogen-bond acceptors (Lipinski definition) is 4. The summed E-state index contributed by atoms with van der Waals surface area (Å²) in [4.78, 5) is 11.7. The molecular weight excluding hydrogens is 300 g/mol. The largest absolute Gasteiger partial charge is 0.445 e. The standard InChI is InChI=1S/C15H18N4O2S/c20-15(21-10-11-4-2-1-3-5-11)16-9-8-13-17-18-14(22)19(13)12-6-7-12/h1-5,12H,6-10H2,(H,16,20)(H,18,22). The van der Waals surface area contributed by atoms with Crippen LogP contribution in [0.3, 0.4) is 0 Å². The van der Waals surface area contributed by atoms with Gasteiger partial charge in [-0.15, -0.1) is 0 Å². The van der Waals surface area contributed by atoms with Gasteiger partial charge in [0.25, 0.3) is 0 Å². The second-order valence-electron chi connectivity index (χ2n) is 5.28. The summed E-state index contributed by atoms with van der Waals surface area (Å²) in [6.07, 6.45) is 2.50. The fraction of sp³-hybridized carbons (Fsp3) is 0.400. The molecule has 1 aliphatic rings. The van der Waals surface area contributed by atoms with E-state index in [1.165, 1.54) is 0 Å². The topological polar surface area (TPSA) is 71.9 Å². The number of aromatic nitrogens is 3. The summed E-state index contributed by atoms with van der Waals surface area (Å²) >= 11 is 5.22. The lowest BCUT2D eigenvalue weighted by molar-refractivity contribution is 0.139. The molecule has 1 aromatic heterocycles. The molecule has 2 N–H and O–H groups in total. The first-order valence-corrected chi connectivity index (χ1v) is 7.75. The van der Waals surface area contributed by atoms with Crippen LogP contribution in [0.4, 0.5) is 4.79 Å². The number of carbonyl (C=O) groups is 1. The quantitative estimate of drug-likeness (QED) is 0.803. The van der Waals surface area contributed by atoms with E-state index in [4.69, 9.17) is 17.0 Å². The van der Waals surface area contributed by atoms with Crippen molar-refractivity contribution >= 4 is 18.3 Å². The van der Waals surface area contributed by atoms with Gasteiger partial charge in [-0.25, -0.2) is 4.79 Å². The first kappa shape index (κ1) is 14.8. The molecule has 1 saturated carbocycles. The van der Waals surface area contributed by atoms with Gasteiger partial charge in [-0.2, -0.15) is 5.10 Å². The zero-order valence-electron chi connectivity index (χ0n) is 12.1. The molecule has 0 atom stereocenters. The first-order valence-electron chi connectivity index (χ1n) is 7.34. The molecule has 1 fully saturated rings. The molecule has 22 heavy (non-hydrogen) atoms. The fourth-order valence-corrected chi connectivity index (χ4v) is 2.57. The maximum Gasteiger partial charge on any atom is 0.407 e. The van der Waals surface area contributed by atoms with E-state index in [0.29, 0.717) is 23.8 Å². The van der Waals surface area contributed by atoms with Crippen molar-refractivity contribution in [3.8, 4) is 0 Å². The van der Waals surface area contributed by atoms with Gasteiger partial charge in [0.15, 0.2) is 4.77 Å².